The highest BCUT2D eigenvalue weighted by molar-refractivity contribution is 5.91. The van der Waals surface area contributed by atoms with E-state index in [0.29, 0.717) is 30.1 Å². The lowest BCUT2D eigenvalue weighted by atomic mass is 9.96. The van der Waals surface area contributed by atoms with E-state index in [9.17, 15) is 4.79 Å². The van der Waals surface area contributed by atoms with E-state index in [-0.39, 0.29) is 18.8 Å². The number of carbonyl (C=O) groups excluding carboxylic acids is 1. The van der Waals surface area contributed by atoms with Crippen molar-refractivity contribution in [2.75, 3.05) is 6.54 Å². The summed E-state index contributed by atoms with van der Waals surface area (Å²) < 4.78 is 11.8. The highest BCUT2D eigenvalue weighted by atomic mass is 16.7. The van der Waals surface area contributed by atoms with Crippen LogP contribution in [-0.4, -0.2) is 23.8 Å². The van der Waals surface area contributed by atoms with Crippen molar-refractivity contribution in [1.29, 1.82) is 0 Å². The van der Waals surface area contributed by atoms with Gasteiger partial charge in [-0.2, -0.15) is 0 Å². The molecule has 2 N–H and O–H groups in total. The Bertz CT molecular complexity index is 661. The van der Waals surface area contributed by atoms with Gasteiger partial charge in [-0.15, -0.1) is 0 Å². The van der Waals surface area contributed by atoms with Gasteiger partial charge in [0.05, 0.1) is 13.2 Å². The fourth-order valence-corrected chi connectivity index (χ4v) is 3.37. The van der Waals surface area contributed by atoms with Gasteiger partial charge in [0, 0.05) is 13.0 Å². The summed E-state index contributed by atoms with van der Waals surface area (Å²) in [6, 6.07) is 7.69. The number of ether oxygens (including phenoxy) is 2. The van der Waals surface area contributed by atoms with E-state index in [4.69, 9.17) is 14.6 Å². The number of hydrogen-bond acceptors (Lipinski definition) is 4. The summed E-state index contributed by atoms with van der Waals surface area (Å²) in [5.41, 5.74) is 1.91. The van der Waals surface area contributed by atoms with E-state index < -0.39 is 0 Å². The van der Waals surface area contributed by atoms with Gasteiger partial charge in [0.25, 0.3) is 5.91 Å². The Morgan fingerprint density at radius 1 is 1.15 bits per heavy atom. The van der Waals surface area contributed by atoms with Gasteiger partial charge in [-0.05, 0) is 60.6 Å². The minimum absolute atomic E-state index is 0.0417. The van der Waals surface area contributed by atoms with Crippen molar-refractivity contribution in [3.8, 4) is 0 Å². The highest BCUT2D eigenvalue weighted by Crippen LogP contribution is 2.42. The third-order valence-electron chi connectivity index (χ3n) is 5.43. The quantitative estimate of drug-likeness (QED) is 0.751. The molecule has 1 aromatic carbocycles. The Kier molecular flexibility index (Phi) is 5.27. The van der Waals surface area contributed by atoms with Gasteiger partial charge in [-0.1, -0.05) is 24.3 Å². The van der Waals surface area contributed by atoms with E-state index in [1.807, 2.05) is 30.3 Å². The summed E-state index contributed by atoms with van der Waals surface area (Å²) in [6.45, 7) is 1.22. The van der Waals surface area contributed by atoms with E-state index in [1.54, 1.807) is 0 Å². The number of allylic oxidation sites excluding steroid dienone is 1. The van der Waals surface area contributed by atoms with E-state index in [2.05, 4.69) is 5.32 Å². The van der Waals surface area contributed by atoms with Crippen LogP contribution in [0.25, 0.3) is 0 Å². The van der Waals surface area contributed by atoms with E-state index in [1.165, 1.54) is 25.7 Å². The number of aliphatic hydroxyl groups excluding tert-OH is 1. The molecule has 4 rings (SSSR count). The molecule has 1 aromatic rings. The van der Waals surface area contributed by atoms with Crippen molar-refractivity contribution in [1.82, 2.24) is 5.32 Å². The average molecular weight is 357 g/mol. The zero-order valence-corrected chi connectivity index (χ0v) is 15.0. The number of amides is 1. The predicted molar refractivity (Wildman–Crippen MR) is 96.7 cm³/mol. The second-order valence-electron chi connectivity index (χ2n) is 7.75. The van der Waals surface area contributed by atoms with Crippen LogP contribution < -0.4 is 5.32 Å². The summed E-state index contributed by atoms with van der Waals surface area (Å²) >= 11 is 0. The van der Waals surface area contributed by atoms with Crippen LogP contribution in [0.3, 0.4) is 0 Å². The molecule has 0 aromatic heterocycles. The Balaban J connectivity index is 1.34. The first-order valence-corrected chi connectivity index (χ1v) is 9.68. The molecule has 1 heterocycles. The van der Waals surface area contributed by atoms with Gasteiger partial charge in [-0.25, -0.2) is 0 Å². The standard InChI is InChI=1S/C21H27NO4/c23-12-15-3-5-16(6-4-15)13-25-20-10-18(17-7-8-17)9-19(26-20)21(24)22-11-14-1-2-14/h3-6,9,14,17-18,20,23H,1-2,7-8,10-13H2,(H,22,24)/t18-,20+/m0/s1. The van der Waals surface area contributed by atoms with Crippen molar-refractivity contribution in [3.63, 3.8) is 0 Å². The summed E-state index contributed by atoms with van der Waals surface area (Å²) in [6.07, 6.45) is 7.32. The molecule has 3 aliphatic rings. The minimum Gasteiger partial charge on any atom is -0.459 e. The number of nitrogens with one attached hydrogen (secondary N) is 1. The van der Waals surface area contributed by atoms with Crippen LogP contribution in [0.1, 0.15) is 43.2 Å². The fourth-order valence-electron chi connectivity index (χ4n) is 3.37. The minimum atomic E-state index is -0.384. The molecule has 5 heteroatoms. The van der Waals surface area contributed by atoms with Crippen LogP contribution in [0.15, 0.2) is 36.1 Å². The lowest BCUT2D eigenvalue weighted by Crippen LogP contribution is -2.34. The van der Waals surface area contributed by atoms with Crippen molar-refractivity contribution >= 4 is 5.91 Å². The first kappa shape index (κ1) is 17.6. The second-order valence-corrected chi connectivity index (χ2v) is 7.75. The van der Waals surface area contributed by atoms with Crippen molar-refractivity contribution in [3.05, 3.63) is 47.2 Å². The number of rotatable bonds is 8. The fraction of sp³-hybridized carbons (Fsp3) is 0.571. The Hall–Kier alpha value is -1.85. The first-order chi connectivity index (χ1) is 12.7. The molecule has 2 saturated carbocycles. The highest BCUT2D eigenvalue weighted by Gasteiger charge is 2.37. The molecular formula is C21H27NO4. The van der Waals surface area contributed by atoms with Crippen LogP contribution in [-0.2, 0) is 27.5 Å². The second kappa shape index (κ2) is 7.80. The van der Waals surface area contributed by atoms with E-state index >= 15 is 0 Å². The summed E-state index contributed by atoms with van der Waals surface area (Å²) in [7, 11) is 0. The third-order valence-corrected chi connectivity index (χ3v) is 5.43. The van der Waals surface area contributed by atoms with Gasteiger partial charge < -0.3 is 19.9 Å². The third kappa shape index (κ3) is 4.65. The monoisotopic (exact) mass is 357 g/mol. The molecule has 0 unspecified atom stereocenters. The Labute approximate surface area is 154 Å². The van der Waals surface area contributed by atoms with Crippen LogP contribution in [0.5, 0.6) is 0 Å². The molecule has 0 radical (unpaired) electrons. The van der Waals surface area contributed by atoms with Crippen LogP contribution in [0, 0.1) is 17.8 Å². The molecule has 140 valence electrons. The maximum atomic E-state index is 12.4. The lowest BCUT2D eigenvalue weighted by Gasteiger charge is -2.29. The van der Waals surface area contributed by atoms with E-state index in [0.717, 1.165) is 24.1 Å². The lowest BCUT2D eigenvalue weighted by molar-refractivity contribution is -0.154. The zero-order chi connectivity index (χ0) is 17.9. The van der Waals surface area contributed by atoms with Gasteiger partial charge in [0.1, 0.15) is 0 Å². The van der Waals surface area contributed by atoms with Gasteiger partial charge in [0.2, 0.25) is 6.29 Å². The largest absolute Gasteiger partial charge is 0.459 e. The number of hydrogen-bond donors (Lipinski definition) is 2. The van der Waals surface area contributed by atoms with Gasteiger partial charge in [0.15, 0.2) is 5.76 Å². The molecule has 0 bridgehead atoms. The molecule has 5 nitrogen and oxygen atoms in total. The number of benzene rings is 1. The molecule has 0 saturated heterocycles. The van der Waals surface area contributed by atoms with Crippen LogP contribution in [0.2, 0.25) is 0 Å². The van der Waals surface area contributed by atoms with Crippen molar-refractivity contribution in [2.24, 2.45) is 17.8 Å². The summed E-state index contributed by atoms with van der Waals surface area (Å²) in [4.78, 5) is 12.4. The molecule has 26 heavy (non-hydrogen) atoms. The molecule has 2 aliphatic carbocycles. The van der Waals surface area contributed by atoms with Crippen molar-refractivity contribution in [2.45, 2.75) is 51.6 Å². The first-order valence-electron chi connectivity index (χ1n) is 9.68. The normalized spacial score (nSPS) is 25.3. The predicted octanol–water partition coefficient (Wildman–Crippen LogP) is 2.88. The molecule has 1 amide bonds. The Morgan fingerprint density at radius 3 is 2.54 bits per heavy atom. The average Bonchev–Trinajstić information content (AvgIpc) is 3.58. The number of carbonyl (C=O) groups is 1. The zero-order valence-electron chi connectivity index (χ0n) is 15.0. The molecule has 2 fully saturated rings. The van der Waals surface area contributed by atoms with Crippen LogP contribution >= 0.6 is 0 Å². The molecule has 0 spiro atoms. The maximum absolute atomic E-state index is 12.4. The molecule has 2 atom stereocenters. The molecular weight excluding hydrogens is 330 g/mol. The van der Waals surface area contributed by atoms with Gasteiger partial charge in [-0.3, -0.25) is 4.79 Å². The number of aliphatic hydroxyl groups is 1. The molecule has 1 aliphatic heterocycles. The van der Waals surface area contributed by atoms with Gasteiger partial charge >= 0.3 is 0 Å². The smallest absolute Gasteiger partial charge is 0.286 e. The maximum Gasteiger partial charge on any atom is 0.286 e. The Morgan fingerprint density at radius 2 is 1.88 bits per heavy atom. The van der Waals surface area contributed by atoms with Crippen LogP contribution in [0.4, 0.5) is 0 Å². The topological polar surface area (TPSA) is 67.8 Å². The summed E-state index contributed by atoms with van der Waals surface area (Å²) in [5, 5.41) is 12.1. The van der Waals surface area contributed by atoms with Crippen molar-refractivity contribution < 1.29 is 19.4 Å². The summed E-state index contributed by atoms with van der Waals surface area (Å²) in [5.74, 6) is 2.00. The SMILES string of the molecule is O=C(NCC1CC1)C1=C[C@H](C2CC2)C[C@H](OCc2ccc(CO)cc2)O1.